The zero-order valence-corrected chi connectivity index (χ0v) is 16.3. The summed E-state index contributed by atoms with van der Waals surface area (Å²) in [4.78, 5) is 20.2. The summed E-state index contributed by atoms with van der Waals surface area (Å²) in [5.41, 5.74) is 1.000. The molecule has 0 spiro atoms. The quantitative estimate of drug-likeness (QED) is 0.811. The minimum absolute atomic E-state index is 0.200. The van der Waals surface area contributed by atoms with Crippen LogP contribution < -0.4 is 5.32 Å². The van der Waals surface area contributed by atoms with Crippen molar-refractivity contribution in [2.75, 3.05) is 0 Å². The zero-order valence-electron chi connectivity index (χ0n) is 15.5. The molecule has 2 aromatic rings. The number of imidazole rings is 1. The lowest BCUT2D eigenvalue weighted by Crippen LogP contribution is -2.48. The number of hydrogen-bond donors (Lipinski definition) is 1. The molecule has 140 valence electrons. The summed E-state index contributed by atoms with van der Waals surface area (Å²) >= 11 is 1.50. The highest BCUT2D eigenvalue weighted by atomic mass is 32.1. The van der Waals surface area contributed by atoms with Crippen molar-refractivity contribution in [3.05, 3.63) is 35.4 Å². The van der Waals surface area contributed by atoms with Crippen LogP contribution in [0.15, 0.2) is 24.0 Å². The number of fused-ring (bicyclic) bond motifs is 2. The molecule has 0 radical (unpaired) electrons. The predicted molar refractivity (Wildman–Crippen MR) is 102 cm³/mol. The van der Waals surface area contributed by atoms with Crippen LogP contribution in [0, 0.1) is 5.41 Å². The molecule has 6 nitrogen and oxygen atoms in total. The first-order valence-corrected chi connectivity index (χ1v) is 10.4. The van der Waals surface area contributed by atoms with E-state index < -0.39 is 0 Å². The van der Waals surface area contributed by atoms with Gasteiger partial charge in [-0.2, -0.15) is 0 Å². The van der Waals surface area contributed by atoms with Gasteiger partial charge in [0.1, 0.15) is 5.82 Å². The topological polar surface area (TPSA) is 63.1 Å². The van der Waals surface area contributed by atoms with E-state index in [9.17, 15) is 4.79 Å². The molecule has 2 bridgehead atoms. The minimum Gasteiger partial charge on any atom is -0.348 e. The van der Waals surface area contributed by atoms with Gasteiger partial charge >= 0.3 is 0 Å². The highest BCUT2D eigenvalue weighted by molar-refractivity contribution is 7.03. The molecule has 26 heavy (non-hydrogen) atoms. The molecular formula is C19H27N5OS. The molecule has 1 N–H and O–H groups in total. The molecule has 0 saturated carbocycles. The van der Waals surface area contributed by atoms with Crippen molar-refractivity contribution in [2.45, 2.75) is 71.2 Å². The Morgan fingerprint density at radius 1 is 1.42 bits per heavy atom. The number of hydrogen-bond acceptors (Lipinski definition) is 5. The normalized spacial score (nSPS) is 27.9. The molecule has 7 heteroatoms. The summed E-state index contributed by atoms with van der Waals surface area (Å²) in [6.45, 7) is 6.55. The molecule has 2 aliphatic heterocycles. The van der Waals surface area contributed by atoms with Gasteiger partial charge in [-0.15, -0.1) is 0 Å². The molecule has 2 saturated heterocycles. The second-order valence-electron chi connectivity index (χ2n) is 7.48. The largest absolute Gasteiger partial charge is 0.348 e. The Morgan fingerprint density at radius 3 is 3.04 bits per heavy atom. The Kier molecular flexibility index (Phi) is 4.84. The van der Waals surface area contributed by atoms with E-state index in [2.05, 4.69) is 43.4 Å². The minimum atomic E-state index is -0.268. The second-order valence-corrected chi connectivity index (χ2v) is 8.14. The molecule has 0 aromatic carbocycles. The molecular weight excluding hydrogens is 346 g/mol. The average molecular weight is 374 g/mol. The Morgan fingerprint density at radius 2 is 2.31 bits per heavy atom. The van der Waals surface area contributed by atoms with Crippen LogP contribution in [0.4, 0.5) is 0 Å². The fraction of sp³-hybridized carbons (Fsp3) is 0.632. The number of aryl methyl sites for hydroxylation is 1. The predicted octanol–water partition coefficient (Wildman–Crippen LogP) is 2.81. The number of aromatic nitrogens is 3. The third-order valence-corrected chi connectivity index (χ3v) is 7.00. The number of rotatable bonds is 7. The van der Waals surface area contributed by atoms with Crippen molar-refractivity contribution in [1.29, 1.82) is 0 Å². The number of carbonyl (C=O) groups excluding carboxylic acids is 1. The SMILES string of the molecule is CCn1ccnc1CNC(=O)[C@]1(CC)C[C@@H]2CC[C@H]1N2Cc1cnsc1. The fourth-order valence-corrected chi connectivity index (χ4v) is 5.50. The van der Waals surface area contributed by atoms with Gasteiger partial charge in [-0.1, -0.05) is 6.92 Å². The molecule has 4 heterocycles. The Hall–Kier alpha value is -1.73. The van der Waals surface area contributed by atoms with Crippen LogP contribution in [-0.4, -0.2) is 36.8 Å². The summed E-state index contributed by atoms with van der Waals surface area (Å²) in [6, 6.07) is 0.853. The zero-order chi connectivity index (χ0) is 18.1. The van der Waals surface area contributed by atoms with Gasteiger partial charge in [-0.25, -0.2) is 9.36 Å². The molecule has 1 amide bonds. The third-order valence-electron chi connectivity index (χ3n) is 6.36. The Bertz CT molecular complexity index is 758. The monoisotopic (exact) mass is 373 g/mol. The van der Waals surface area contributed by atoms with E-state index in [4.69, 9.17) is 0 Å². The average Bonchev–Trinajstić information content (AvgIpc) is 3.45. The first-order valence-electron chi connectivity index (χ1n) is 9.60. The van der Waals surface area contributed by atoms with Crippen LogP contribution in [0.25, 0.3) is 0 Å². The molecule has 0 aliphatic carbocycles. The lowest BCUT2D eigenvalue weighted by molar-refractivity contribution is -0.133. The van der Waals surface area contributed by atoms with Crippen LogP contribution in [0.2, 0.25) is 0 Å². The van der Waals surface area contributed by atoms with Crippen LogP contribution in [0.5, 0.6) is 0 Å². The van der Waals surface area contributed by atoms with Gasteiger partial charge in [-0.3, -0.25) is 9.69 Å². The van der Waals surface area contributed by atoms with Gasteiger partial charge < -0.3 is 9.88 Å². The van der Waals surface area contributed by atoms with Crippen LogP contribution in [0.3, 0.4) is 0 Å². The van der Waals surface area contributed by atoms with Crippen molar-refractivity contribution >= 4 is 17.4 Å². The smallest absolute Gasteiger partial charge is 0.228 e. The molecule has 0 unspecified atom stereocenters. The highest BCUT2D eigenvalue weighted by Crippen LogP contribution is 2.52. The Balaban J connectivity index is 1.47. The lowest BCUT2D eigenvalue weighted by Gasteiger charge is -2.35. The maximum atomic E-state index is 13.2. The summed E-state index contributed by atoms with van der Waals surface area (Å²) in [6.07, 6.45) is 9.91. The van der Waals surface area contributed by atoms with Gasteiger partial charge in [0, 0.05) is 49.1 Å². The van der Waals surface area contributed by atoms with Gasteiger partial charge in [0.15, 0.2) is 0 Å². The number of nitrogens with one attached hydrogen (secondary N) is 1. The van der Waals surface area contributed by atoms with Crippen LogP contribution >= 0.6 is 11.5 Å². The number of carbonyl (C=O) groups is 1. The lowest BCUT2D eigenvalue weighted by atomic mass is 9.71. The Labute approximate surface area is 158 Å². The van der Waals surface area contributed by atoms with E-state index in [0.717, 1.165) is 38.2 Å². The van der Waals surface area contributed by atoms with Gasteiger partial charge in [0.25, 0.3) is 0 Å². The molecule has 2 fully saturated rings. The molecule has 2 aromatic heterocycles. The molecule has 4 rings (SSSR count). The van der Waals surface area contributed by atoms with E-state index >= 15 is 0 Å². The van der Waals surface area contributed by atoms with Gasteiger partial charge in [-0.05, 0) is 49.7 Å². The summed E-state index contributed by atoms with van der Waals surface area (Å²) in [5.74, 6) is 1.13. The summed E-state index contributed by atoms with van der Waals surface area (Å²) in [7, 11) is 0. The molecule has 3 atom stereocenters. The van der Waals surface area contributed by atoms with Crippen LogP contribution in [0.1, 0.15) is 50.9 Å². The maximum absolute atomic E-state index is 13.2. The highest BCUT2D eigenvalue weighted by Gasteiger charge is 2.58. The van der Waals surface area contributed by atoms with E-state index in [0.29, 0.717) is 18.6 Å². The van der Waals surface area contributed by atoms with E-state index in [1.54, 1.807) is 6.20 Å². The van der Waals surface area contributed by atoms with Crippen LogP contribution in [-0.2, 0) is 24.4 Å². The first kappa shape index (κ1) is 17.7. The first-order chi connectivity index (χ1) is 12.7. The fourth-order valence-electron chi connectivity index (χ4n) is 4.98. The van der Waals surface area contributed by atoms with Crippen molar-refractivity contribution in [3.8, 4) is 0 Å². The maximum Gasteiger partial charge on any atom is 0.228 e. The summed E-state index contributed by atoms with van der Waals surface area (Å²) < 4.78 is 6.31. The van der Waals surface area contributed by atoms with Crippen molar-refractivity contribution in [2.24, 2.45) is 5.41 Å². The van der Waals surface area contributed by atoms with Crippen molar-refractivity contribution < 1.29 is 4.79 Å². The van der Waals surface area contributed by atoms with E-state index in [1.807, 2.05) is 12.4 Å². The van der Waals surface area contributed by atoms with Crippen molar-refractivity contribution in [3.63, 3.8) is 0 Å². The standard InChI is InChI=1S/C19H27N5OS/c1-3-19(18(25)21-11-17-20-7-8-23(17)4-2)9-15-5-6-16(19)24(15)12-14-10-22-26-13-14/h7-8,10,13,15-16H,3-6,9,11-12H2,1-2H3,(H,21,25)/t15-,16+,19+/m0/s1. The van der Waals surface area contributed by atoms with Gasteiger partial charge in [0.05, 0.1) is 12.0 Å². The second kappa shape index (κ2) is 7.12. The van der Waals surface area contributed by atoms with Gasteiger partial charge in [0.2, 0.25) is 5.91 Å². The van der Waals surface area contributed by atoms with E-state index in [1.165, 1.54) is 23.5 Å². The van der Waals surface area contributed by atoms with Crippen molar-refractivity contribution in [1.82, 2.24) is 24.1 Å². The molecule has 2 aliphatic rings. The summed E-state index contributed by atoms with van der Waals surface area (Å²) in [5, 5.41) is 5.32. The number of nitrogens with zero attached hydrogens (tertiary/aromatic N) is 4. The third kappa shape index (κ3) is 2.87. The number of amides is 1. The van der Waals surface area contributed by atoms with E-state index in [-0.39, 0.29) is 11.3 Å².